The van der Waals surface area contributed by atoms with E-state index in [0.717, 1.165) is 68.0 Å². The number of para-hydroxylation sites is 1. The third-order valence-corrected chi connectivity index (χ3v) is 6.01. The van der Waals surface area contributed by atoms with E-state index in [1.165, 1.54) is 0 Å². The van der Waals surface area contributed by atoms with Crippen molar-refractivity contribution in [2.75, 3.05) is 5.84 Å². The number of nitrogens with one attached hydrogen (secondary N) is 1. The highest BCUT2D eigenvalue weighted by Crippen LogP contribution is 2.46. The maximum atomic E-state index is 12.8. The van der Waals surface area contributed by atoms with Gasteiger partial charge >= 0.3 is 0 Å². The van der Waals surface area contributed by atoms with Crippen molar-refractivity contribution in [1.29, 1.82) is 0 Å². The third-order valence-electron chi connectivity index (χ3n) is 6.01. The van der Waals surface area contributed by atoms with Gasteiger partial charge in [-0.15, -0.1) is 0 Å². The predicted molar refractivity (Wildman–Crippen MR) is 105 cm³/mol. The summed E-state index contributed by atoms with van der Waals surface area (Å²) in [6.45, 7) is 0.513. The summed E-state index contributed by atoms with van der Waals surface area (Å²) in [7, 11) is 0. The van der Waals surface area contributed by atoms with Gasteiger partial charge in [0, 0.05) is 22.9 Å². The molecule has 0 fully saturated rings. The normalized spacial score (nSPS) is 14.9. The first kappa shape index (κ1) is 14.7. The highest BCUT2D eigenvalue weighted by atomic mass is 16.3. The van der Waals surface area contributed by atoms with Crippen molar-refractivity contribution >= 4 is 27.7 Å². The number of benzene rings is 3. The summed E-state index contributed by atoms with van der Waals surface area (Å²) in [5, 5.41) is 15.1. The van der Waals surface area contributed by atoms with Gasteiger partial charge in [0.25, 0.3) is 5.91 Å². The van der Waals surface area contributed by atoms with Crippen LogP contribution in [0, 0.1) is 0 Å². The van der Waals surface area contributed by atoms with Crippen LogP contribution in [0.25, 0.3) is 32.9 Å². The van der Waals surface area contributed by atoms with Crippen molar-refractivity contribution in [3.63, 3.8) is 0 Å². The van der Waals surface area contributed by atoms with Crippen LogP contribution in [-0.2, 0) is 19.4 Å². The highest BCUT2D eigenvalue weighted by Gasteiger charge is 2.34. The lowest BCUT2D eigenvalue weighted by atomic mass is 9.80. The van der Waals surface area contributed by atoms with E-state index in [9.17, 15) is 9.90 Å². The second kappa shape index (κ2) is 4.82. The Morgan fingerprint density at radius 3 is 2.78 bits per heavy atom. The van der Waals surface area contributed by atoms with E-state index < -0.39 is 0 Å². The van der Waals surface area contributed by atoms with E-state index in [1.54, 1.807) is 16.8 Å². The number of carbonyl (C=O) groups excluding carboxylic acids is 1. The average Bonchev–Trinajstić information content (AvgIpc) is 3.20. The average molecular weight is 355 g/mol. The molecule has 1 aliphatic carbocycles. The van der Waals surface area contributed by atoms with Crippen LogP contribution in [0.5, 0.6) is 5.75 Å². The second-order valence-electron chi connectivity index (χ2n) is 7.34. The van der Waals surface area contributed by atoms with Crippen LogP contribution >= 0.6 is 0 Å². The molecule has 6 rings (SSSR count). The zero-order valence-corrected chi connectivity index (χ0v) is 14.5. The fourth-order valence-electron chi connectivity index (χ4n) is 4.93. The minimum atomic E-state index is -0.0297. The SMILES string of the molecule is Nn1c2ccccc2c2c3c(c4c(c21)CCc1cc(O)ccc1-4)C(=O)NC3. The molecule has 5 heteroatoms. The van der Waals surface area contributed by atoms with Gasteiger partial charge in [-0.2, -0.15) is 0 Å². The Labute approximate surface area is 155 Å². The number of nitrogens with zero attached hydrogens (tertiary/aromatic N) is 1. The van der Waals surface area contributed by atoms with E-state index >= 15 is 0 Å². The van der Waals surface area contributed by atoms with Crippen molar-refractivity contribution in [3.05, 3.63) is 64.7 Å². The Morgan fingerprint density at radius 2 is 1.89 bits per heavy atom. The van der Waals surface area contributed by atoms with Gasteiger partial charge in [-0.3, -0.25) is 9.47 Å². The number of hydrogen-bond donors (Lipinski definition) is 3. The minimum absolute atomic E-state index is 0.0297. The van der Waals surface area contributed by atoms with Gasteiger partial charge in [0.2, 0.25) is 0 Å². The number of hydrogen-bond acceptors (Lipinski definition) is 3. The monoisotopic (exact) mass is 355 g/mol. The molecule has 27 heavy (non-hydrogen) atoms. The summed E-state index contributed by atoms with van der Waals surface area (Å²) >= 11 is 0. The molecule has 4 aromatic rings. The Morgan fingerprint density at radius 1 is 1.04 bits per heavy atom. The molecule has 0 saturated heterocycles. The van der Waals surface area contributed by atoms with Crippen LogP contribution in [0.2, 0.25) is 0 Å². The van der Waals surface area contributed by atoms with Crippen molar-refractivity contribution in [1.82, 2.24) is 9.99 Å². The molecule has 1 aliphatic heterocycles. The highest BCUT2D eigenvalue weighted by molar-refractivity contribution is 6.19. The lowest BCUT2D eigenvalue weighted by Gasteiger charge is -2.24. The number of amides is 1. The molecule has 0 saturated carbocycles. The van der Waals surface area contributed by atoms with Crippen molar-refractivity contribution in [2.24, 2.45) is 0 Å². The number of aryl methyl sites for hydroxylation is 2. The first-order valence-electron chi connectivity index (χ1n) is 9.11. The van der Waals surface area contributed by atoms with E-state index in [2.05, 4.69) is 11.4 Å². The molecule has 1 amide bonds. The smallest absolute Gasteiger partial charge is 0.252 e. The predicted octanol–water partition coefficient (Wildman–Crippen LogP) is 3.22. The number of phenols is 1. The van der Waals surface area contributed by atoms with Gasteiger partial charge in [-0.1, -0.05) is 24.3 Å². The molecule has 2 aliphatic rings. The Bertz CT molecular complexity index is 1320. The number of fused-ring (bicyclic) bond motifs is 10. The fraction of sp³-hybridized carbons (Fsp3) is 0.136. The van der Waals surface area contributed by atoms with E-state index in [0.29, 0.717) is 6.54 Å². The maximum Gasteiger partial charge on any atom is 0.252 e. The summed E-state index contributed by atoms with van der Waals surface area (Å²) in [4.78, 5) is 12.8. The van der Waals surface area contributed by atoms with Crippen LogP contribution in [0.4, 0.5) is 0 Å². The van der Waals surface area contributed by atoms with Crippen molar-refractivity contribution in [3.8, 4) is 16.9 Å². The molecule has 132 valence electrons. The van der Waals surface area contributed by atoms with Gasteiger partial charge < -0.3 is 16.3 Å². The number of aromatic hydroxyl groups is 1. The van der Waals surface area contributed by atoms with Gasteiger partial charge in [-0.05, 0) is 53.3 Å². The zero-order valence-electron chi connectivity index (χ0n) is 14.5. The maximum absolute atomic E-state index is 12.8. The van der Waals surface area contributed by atoms with Gasteiger partial charge in [0.05, 0.1) is 16.6 Å². The van der Waals surface area contributed by atoms with Crippen LogP contribution in [0.1, 0.15) is 27.0 Å². The molecule has 3 aromatic carbocycles. The van der Waals surface area contributed by atoms with E-state index in [4.69, 9.17) is 5.84 Å². The number of nitrogen functional groups attached to an aromatic ring is 1. The standard InChI is InChI=1S/C22H17N3O2/c23-25-17-4-2-1-3-14(17)19-16-10-24-22(27)20(16)18-13-8-6-12(26)9-11(13)5-7-15(18)21(19)25/h1-4,6,8-9,26H,5,7,10,23H2,(H,24,27). The molecule has 2 heterocycles. The Balaban J connectivity index is 1.88. The van der Waals surface area contributed by atoms with E-state index in [-0.39, 0.29) is 11.7 Å². The summed E-state index contributed by atoms with van der Waals surface area (Å²) in [6, 6.07) is 13.5. The van der Waals surface area contributed by atoms with Crippen LogP contribution in [-0.4, -0.2) is 15.7 Å². The largest absolute Gasteiger partial charge is 0.508 e. The topological polar surface area (TPSA) is 80.3 Å². The number of aromatic nitrogens is 1. The summed E-state index contributed by atoms with van der Waals surface area (Å²) in [6.07, 6.45) is 1.60. The summed E-state index contributed by atoms with van der Waals surface area (Å²) in [5.74, 6) is 6.77. The lowest BCUT2D eigenvalue weighted by molar-refractivity contribution is 0.0966. The minimum Gasteiger partial charge on any atom is -0.508 e. The molecule has 0 bridgehead atoms. The van der Waals surface area contributed by atoms with Gasteiger partial charge in [0.15, 0.2) is 0 Å². The van der Waals surface area contributed by atoms with Crippen LogP contribution in [0.3, 0.4) is 0 Å². The van der Waals surface area contributed by atoms with Crippen molar-refractivity contribution < 1.29 is 9.90 Å². The molecule has 1 aromatic heterocycles. The number of rotatable bonds is 0. The second-order valence-corrected chi connectivity index (χ2v) is 7.34. The quantitative estimate of drug-likeness (QED) is 0.424. The number of carbonyl (C=O) groups is 1. The third kappa shape index (κ3) is 1.71. The molecular weight excluding hydrogens is 338 g/mol. The molecule has 0 radical (unpaired) electrons. The molecule has 0 atom stereocenters. The first-order valence-corrected chi connectivity index (χ1v) is 9.11. The number of nitrogens with two attached hydrogens (primary N) is 1. The van der Waals surface area contributed by atoms with E-state index in [1.807, 2.05) is 24.3 Å². The first-order chi connectivity index (χ1) is 13.1. The fourth-order valence-corrected chi connectivity index (χ4v) is 4.93. The Hall–Kier alpha value is -3.47. The molecule has 4 N–H and O–H groups in total. The van der Waals surface area contributed by atoms with Crippen LogP contribution in [0.15, 0.2) is 42.5 Å². The summed E-state index contributed by atoms with van der Waals surface area (Å²) in [5.41, 5.74) is 7.97. The number of phenolic OH excluding ortho intramolecular Hbond substituents is 1. The lowest BCUT2D eigenvalue weighted by Crippen LogP contribution is -2.16. The van der Waals surface area contributed by atoms with Gasteiger partial charge in [0.1, 0.15) is 5.75 Å². The zero-order chi connectivity index (χ0) is 18.3. The van der Waals surface area contributed by atoms with Crippen molar-refractivity contribution in [2.45, 2.75) is 19.4 Å². The van der Waals surface area contributed by atoms with Crippen LogP contribution < -0.4 is 11.2 Å². The molecule has 0 unspecified atom stereocenters. The summed E-state index contributed by atoms with van der Waals surface area (Å²) < 4.78 is 1.78. The molecule has 5 nitrogen and oxygen atoms in total. The van der Waals surface area contributed by atoms with Gasteiger partial charge in [-0.25, -0.2) is 0 Å². The molecular formula is C22H17N3O2. The Kier molecular flexibility index (Phi) is 2.62. The molecule has 0 spiro atoms.